The average molecular weight is 336 g/mol. The van der Waals surface area contributed by atoms with Crippen molar-refractivity contribution in [2.75, 3.05) is 24.2 Å². The molecule has 0 heterocycles. The minimum atomic E-state index is 0.913. The van der Waals surface area contributed by atoms with Crippen LogP contribution in [0.5, 0.6) is 0 Å². The summed E-state index contributed by atoms with van der Waals surface area (Å²) < 4.78 is 2.30. The minimum Gasteiger partial charge on any atom is -0.305 e. The molecule has 0 N–H and O–H groups in total. The maximum Gasteiger partial charge on any atom is 0.141 e. The van der Waals surface area contributed by atoms with Crippen LogP contribution in [0.2, 0.25) is 0 Å². The Morgan fingerprint density at radius 2 is 1.50 bits per heavy atom. The van der Waals surface area contributed by atoms with Crippen molar-refractivity contribution in [2.24, 2.45) is 0 Å². The van der Waals surface area contributed by atoms with Crippen molar-refractivity contribution in [1.82, 2.24) is 0 Å². The summed E-state index contributed by atoms with van der Waals surface area (Å²) in [4.78, 5) is 0. The van der Waals surface area contributed by atoms with Gasteiger partial charge in [-0.2, -0.15) is 0 Å². The quantitative estimate of drug-likeness (QED) is 0.140. The normalized spacial score (nSPS) is 11.4. The lowest BCUT2D eigenvalue weighted by Gasteiger charge is -2.35. The molecule has 0 fully saturated rings. The molecule has 2 heteroatoms. The molecular weight excluding hydrogens is 309 g/mol. The Kier molecular flexibility index (Phi) is 10.6. The molecule has 0 aromatic heterocycles. The monoisotopic (exact) mass is 336 g/mol. The number of rotatable bonds is 10. The number of nitrogens with zero attached hydrogens (tertiary/aromatic N) is 1. The lowest BCUT2D eigenvalue weighted by atomic mass is 10.2. The lowest BCUT2D eigenvalue weighted by molar-refractivity contribution is -0.906. The zero-order valence-electron chi connectivity index (χ0n) is 11.0. The smallest absolute Gasteiger partial charge is 0.141 e. The zero-order chi connectivity index (χ0) is 12.3. The van der Waals surface area contributed by atoms with E-state index in [-0.39, 0.29) is 0 Å². The third-order valence-electron chi connectivity index (χ3n) is 3.15. The van der Waals surface area contributed by atoms with Crippen molar-refractivity contribution in [3.05, 3.63) is 0 Å². The molecule has 0 saturated heterocycles. The molecule has 94 valence electrons. The molecule has 0 aromatic carbocycles. The van der Waals surface area contributed by atoms with Gasteiger partial charge in [-0.15, -0.1) is 6.42 Å². The van der Waals surface area contributed by atoms with E-state index in [4.69, 9.17) is 6.42 Å². The number of quaternary nitrogens is 1. The first-order chi connectivity index (χ1) is 7.74. The van der Waals surface area contributed by atoms with E-state index in [1.54, 1.807) is 0 Å². The van der Waals surface area contributed by atoms with Crippen LogP contribution in [0.15, 0.2) is 0 Å². The predicted octanol–water partition coefficient (Wildman–Crippen LogP) is 4.21. The van der Waals surface area contributed by atoms with Crippen molar-refractivity contribution in [2.45, 2.75) is 52.4 Å². The van der Waals surface area contributed by atoms with Gasteiger partial charge in [-0.25, -0.2) is 0 Å². The summed E-state index contributed by atoms with van der Waals surface area (Å²) >= 11 is 2.51. The standard InChI is InChI=1S/C14H27IN/c1-4-7-9-12-16(14-15,11-6-3)13-10-8-5-2/h3H,4-5,7-14H2,1-2H3/q+1. The van der Waals surface area contributed by atoms with Gasteiger partial charge in [-0.3, -0.25) is 0 Å². The van der Waals surface area contributed by atoms with E-state index >= 15 is 0 Å². The van der Waals surface area contributed by atoms with Gasteiger partial charge in [0.1, 0.15) is 11.1 Å². The summed E-state index contributed by atoms with van der Waals surface area (Å²) in [6.45, 7) is 7.97. The summed E-state index contributed by atoms with van der Waals surface area (Å²) in [6, 6.07) is 0. The second kappa shape index (κ2) is 10.4. The maximum atomic E-state index is 5.53. The molecule has 0 aliphatic rings. The van der Waals surface area contributed by atoms with Gasteiger partial charge < -0.3 is 4.48 Å². The van der Waals surface area contributed by atoms with Gasteiger partial charge in [0.25, 0.3) is 0 Å². The molecule has 0 rings (SSSR count). The van der Waals surface area contributed by atoms with Gasteiger partial charge in [0.15, 0.2) is 0 Å². The summed E-state index contributed by atoms with van der Waals surface area (Å²) in [5.41, 5.74) is 0. The van der Waals surface area contributed by atoms with E-state index in [9.17, 15) is 0 Å². The van der Waals surface area contributed by atoms with Crippen LogP contribution in [0.1, 0.15) is 52.4 Å². The van der Waals surface area contributed by atoms with Crippen molar-refractivity contribution in [3.63, 3.8) is 0 Å². The highest BCUT2D eigenvalue weighted by Gasteiger charge is 2.23. The van der Waals surface area contributed by atoms with Gasteiger partial charge in [-0.05, 0) is 54.2 Å². The second-order valence-electron chi connectivity index (χ2n) is 4.68. The van der Waals surface area contributed by atoms with E-state index in [1.165, 1.54) is 51.6 Å². The topological polar surface area (TPSA) is 0 Å². The number of hydrogen-bond donors (Lipinski definition) is 0. The zero-order valence-corrected chi connectivity index (χ0v) is 13.1. The molecule has 0 atom stereocenters. The van der Waals surface area contributed by atoms with E-state index in [1.807, 2.05) is 0 Å². The van der Waals surface area contributed by atoms with Crippen LogP contribution in [-0.2, 0) is 0 Å². The van der Waals surface area contributed by atoms with Crippen LogP contribution in [0.3, 0.4) is 0 Å². The molecule has 0 unspecified atom stereocenters. The average Bonchev–Trinajstić information content (AvgIpc) is 2.29. The Bertz CT molecular complexity index is 185. The molecule has 1 nitrogen and oxygen atoms in total. The van der Waals surface area contributed by atoms with E-state index < -0.39 is 0 Å². The SMILES string of the molecule is C#CC[N+](CI)(CCCCC)CCCCC. The third kappa shape index (κ3) is 6.75. The molecular formula is C14H27IN+. The number of terminal acetylenes is 1. The van der Waals surface area contributed by atoms with E-state index in [0.29, 0.717) is 0 Å². The van der Waals surface area contributed by atoms with Crippen LogP contribution in [0.4, 0.5) is 0 Å². The summed E-state index contributed by atoms with van der Waals surface area (Å²) in [5, 5.41) is 0. The Morgan fingerprint density at radius 3 is 1.81 bits per heavy atom. The Morgan fingerprint density at radius 1 is 1.00 bits per heavy atom. The fourth-order valence-corrected chi connectivity index (χ4v) is 2.94. The Hall–Kier alpha value is 0.250. The Balaban J connectivity index is 4.16. The first kappa shape index (κ1) is 16.2. The predicted molar refractivity (Wildman–Crippen MR) is 81.6 cm³/mol. The summed E-state index contributed by atoms with van der Waals surface area (Å²) in [7, 11) is 0. The second-order valence-corrected chi connectivity index (χ2v) is 5.37. The molecule has 0 aliphatic heterocycles. The van der Waals surface area contributed by atoms with Crippen molar-refractivity contribution in [1.29, 1.82) is 0 Å². The molecule has 0 aromatic rings. The maximum absolute atomic E-state index is 5.53. The fraction of sp³-hybridized carbons (Fsp3) is 0.857. The fourth-order valence-electron chi connectivity index (χ4n) is 2.02. The first-order valence-corrected chi connectivity index (χ1v) is 8.11. The largest absolute Gasteiger partial charge is 0.305 e. The van der Waals surface area contributed by atoms with E-state index in [2.05, 4.69) is 42.4 Å². The Labute approximate surface area is 116 Å². The summed E-state index contributed by atoms with van der Waals surface area (Å²) in [6.07, 6.45) is 13.5. The van der Waals surface area contributed by atoms with Gasteiger partial charge in [-0.1, -0.05) is 26.7 Å². The van der Waals surface area contributed by atoms with Crippen LogP contribution in [-0.4, -0.2) is 28.7 Å². The number of alkyl halides is 1. The summed E-state index contributed by atoms with van der Waals surface area (Å²) in [5.74, 6) is 2.88. The molecule has 0 bridgehead atoms. The van der Waals surface area contributed by atoms with E-state index in [0.717, 1.165) is 15.6 Å². The first-order valence-electron chi connectivity index (χ1n) is 6.59. The number of hydrogen-bond acceptors (Lipinski definition) is 0. The van der Waals surface area contributed by atoms with Crippen LogP contribution in [0, 0.1) is 12.3 Å². The minimum absolute atomic E-state index is 0.913. The van der Waals surface area contributed by atoms with Gasteiger partial charge in [0, 0.05) is 0 Å². The highest BCUT2D eigenvalue weighted by molar-refractivity contribution is 14.1. The highest BCUT2D eigenvalue weighted by atomic mass is 127. The van der Waals surface area contributed by atoms with Crippen LogP contribution >= 0.6 is 22.6 Å². The van der Waals surface area contributed by atoms with Gasteiger partial charge in [0.05, 0.1) is 13.1 Å². The third-order valence-corrected chi connectivity index (χ3v) is 4.60. The van der Waals surface area contributed by atoms with Crippen LogP contribution < -0.4 is 0 Å². The number of halogens is 1. The van der Waals surface area contributed by atoms with Crippen molar-refractivity contribution < 1.29 is 4.48 Å². The molecule has 0 amide bonds. The van der Waals surface area contributed by atoms with Crippen molar-refractivity contribution in [3.8, 4) is 12.3 Å². The molecule has 0 radical (unpaired) electrons. The molecule has 0 aliphatic carbocycles. The van der Waals surface area contributed by atoms with Crippen molar-refractivity contribution >= 4 is 22.6 Å². The molecule has 16 heavy (non-hydrogen) atoms. The van der Waals surface area contributed by atoms with Gasteiger partial charge >= 0.3 is 0 Å². The molecule has 0 spiro atoms. The number of unbranched alkanes of at least 4 members (excludes halogenated alkanes) is 4. The van der Waals surface area contributed by atoms with Crippen LogP contribution in [0.25, 0.3) is 0 Å². The highest BCUT2D eigenvalue weighted by Crippen LogP contribution is 2.15. The molecule has 0 saturated carbocycles. The van der Waals surface area contributed by atoms with Gasteiger partial charge in [0.2, 0.25) is 0 Å². The lowest BCUT2D eigenvalue weighted by Crippen LogP contribution is -2.48.